The maximum Gasteiger partial charge on any atom is 0.326 e. The zero-order valence-electron chi connectivity index (χ0n) is 14.1. The Labute approximate surface area is 158 Å². The van der Waals surface area contributed by atoms with E-state index in [9.17, 15) is 14.4 Å². The smallest absolute Gasteiger partial charge is 0.326 e. The van der Waals surface area contributed by atoms with Crippen LogP contribution in [0, 0.1) is 0 Å². The van der Waals surface area contributed by atoms with E-state index in [-0.39, 0.29) is 17.6 Å². The Balaban J connectivity index is 2.14. The van der Waals surface area contributed by atoms with Crippen molar-refractivity contribution in [3.63, 3.8) is 0 Å². The highest BCUT2D eigenvalue weighted by molar-refractivity contribution is 9.10. The Bertz CT molecular complexity index is 732. The molecule has 0 N–H and O–H groups in total. The third-order valence-electron chi connectivity index (χ3n) is 3.08. The molecule has 1 saturated heterocycles. The summed E-state index contributed by atoms with van der Waals surface area (Å²) in [5.74, 6) is -0.410. The van der Waals surface area contributed by atoms with Crippen molar-refractivity contribution < 1.29 is 23.9 Å². The van der Waals surface area contributed by atoms with Crippen LogP contribution in [-0.2, 0) is 14.3 Å². The summed E-state index contributed by atoms with van der Waals surface area (Å²) in [5.41, 5.74) is 0.741. The summed E-state index contributed by atoms with van der Waals surface area (Å²) in [6, 6.07) is 5.37. The molecular formula is C17H18BrNO5S. The lowest BCUT2D eigenvalue weighted by molar-refractivity contribution is -0.149. The normalized spacial score (nSPS) is 16.0. The highest BCUT2D eigenvalue weighted by atomic mass is 79.9. The molecule has 0 aromatic heterocycles. The number of hydrogen-bond acceptors (Lipinski definition) is 6. The van der Waals surface area contributed by atoms with Crippen LogP contribution in [0.4, 0.5) is 4.79 Å². The summed E-state index contributed by atoms with van der Waals surface area (Å²) >= 11 is 4.21. The Kier molecular flexibility index (Phi) is 6.66. The van der Waals surface area contributed by atoms with Crippen molar-refractivity contribution in [3.8, 4) is 5.75 Å². The third-order valence-corrected chi connectivity index (χ3v) is 4.61. The van der Waals surface area contributed by atoms with E-state index in [1.54, 1.807) is 38.1 Å². The second-order valence-electron chi connectivity index (χ2n) is 5.43. The minimum absolute atomic E-state index is 0.262. The number of thioether (sulfide) groups is 1. The predicted octanol–water partition coefficient (Wildman–Crippen LogP) is 3.84. The summed E-state index contributed by atoms with van der Waals surface area (Å²) in [7, 11) is 0. The zero-order chi connectivity index (χ0) is 18.6. The number of halogens is 1. The van der Waals surface area contributed by atoms with Gasteiger partial charge in [0.2, 0.25) is 0 Å². The van der Waals surface area contributed by atoms with Gasteiger partial charge in [-0.3, -0.25) is 19.3 Å². The van der Waals surface area contributed by atoms with E-state index in [4.69, 9.17) is 9.47 Å². The molecular weight excluding hydrogens is 410 g/mol. The minimum Gasteiger partial charge on any atom is -0.493 e. The van der Waals surface area contributed by atoms with Crippen LogP contribution in [0.15, 0.2) is 27.6 Å². The van der Waals surface area contributed by atoms with Crippen molar-refractivity contribution in [2.75, 3.05) is 13.2 Å². The van der Waals surface area contributed by atoms with Gasteiger partial charge in [0.15, 0.2) is 0 Å². The number of rotatable bonds is 6. The van der Waals surface area contributed by atoms with Gasteiger partial charge in [0.25, 0.3) is 11.1 Å². The summed E-state index contributed by atoms with van der Waals surface area (Å²) in [5, 5.41) is -0.484. The molecule has 1 aliphatic rings. The maximum atomic E-state index is 12.4. The van der Waals surface area contributed by atoms with Crippen LogP contribution in [0.5, 0.6) is 5.75 Å². The van der Waals surface area contributed by atoms with Crippen molar-refractivity contribution in [1.29, 1.82) is 0 Å². The first-order valence-corrected chi connectivity index (χ1v) is 9.30. The van der Waals surface area contributed by atoms with Gasteiger partial charge in [-0.2, -0.15) is 0 Å². The van der Waals surface area contributed by atoms with Gasteiger partial charge in [-0.25, -0.2) is 0 Å². The Morgan fingerprint density at radius 2 is 2.08 bits per heavy atom. The van der Waals surface area contributed by atoms with Crippen LogP contribution in [0.25, 0.3) is 6.08 Å². The fourth-order valence-electron chi connectivity index (χ4n) is 2.10. The van der Waals surface area contributed by atoms with E-state index in [1.165, 1.54) is 0 Å². The lowest BCUT2D eigenvalue weighted by Gasteiger charge is -2.13. The van der Waals surface area contributed by atoms with Gasteiger partial charge in [0.05, 0.1) is 22.1 Å². The Morgan fingerprint density at radius 3 is 2.68 bits per heavy atom. The highest BCUT2D eigenvalue weighted by Gasteiger charge is 2.36. The van der Waals surface area contributed by atoms with Crippen LogP contribution in [0.1, 0.15) is 26.3 Å². The van der Waals surface area contributed by atoms with Gasteiger partial charge in [0.1, 0.15) is 12.3 Å². The molecule has 2 amide bonds. The molecule has 1 aromatic carbocycles. The fraction of sp³-hybridized carbons (Fsp3) is 0.353. The van der Waals surface area contributed by atoms with E-state index in [0.717, 1.165) is 26.7 Å². The van der Waals surface area contributed by atoms with Gasteiger partial charge in [0, 0.05) is 0 Å². The van der Waals surface area contributed by atoms with E-state index in [1.807, 2.05) is 6.92 Å². The van der Waals surface area contributed by atoms with Gasteiger partial charge in [-0.15, -0.1) is 0 Å². The molecule has 0 aliphatic carbocycles. The molecule has 1 aliphatic heterocycles. The fourth-order valence-corrected chi connectivity index (χ4v) is 3.45. The highest BCUT2D eigenvalue weighted by Crippen LogP contribution is 2.33. The third kappa shape index (κ3) is 5.09. The van der Waals surface area contributed by atoms with Crippen LogP contribution < -0.4 is 4.74 Å². The van der Waals surface area contributed by atoms with E-state index in [0.29, 0.717) is 12.4 Å². The molecule has 1 fully saturated rings. The summed E-state index contributed by atoms with van der Waals surface area (Å²) in [6.07, 6.45) is 1.31. The summed E-state index contributed by atoms with van der Waals surface area (Å²) < 4.78 is 11.2. The molecule has 0 spiro atoms. The van der Waals surface area contributed by atoms with E-state index in [2.05, 4.69) is 15.9 Å². The lowest BCUT2D eigenvalue weighted by Crippen LogP contribution is -2.35. The van der Waals surface area contributed by atoms with Crippen molar-refractivity contribution in [3.05, 3.63) is 33.1 Å². The molecule has 0 atom stereocenters. The number of carbonyl (C=O) groups is 3. The molecule has 6 nitrogen and oxygen atoms in total. The molecule has 0 bridgehead atoms. The van der Waals surface area contributed by atoms with Gasteiger partial charge >= 0.3 is 5.97 Å². The molecule has 1 aromatic rings. The average Bonchev–Trinajstić information content (AvgIpc) is 2.77. The van der Waals surface area contributed by atoms with Crippen LogP contribution in [0.2, 0.25) is 0 Å². The van der Waals surface area contributed by atoms with Crippen molar-refractivity contribution >= 4 is 50.9 Å². The standard InChI is InChI=1S/C17H18BrNO5S/c1-4-23-13-6-5-11(7-12(13)18)8-14-16(21)19(17(22)25-14)9-15(20)24-10(2)3/h5-8,10H,4,9H2,1-3H3/b14-8+. The number of imide groups is 1. The van der Waals surface area contributed by atoms with Crippen LogP contribution in [0.3, 0.4) is 0 Å². The molecule has 134 valence electrons. The van der Waals surface area contributed by atoms with E-state index >= 15 is 0 Å². The molecule has 0 radical (unpaired) electrons. The molecule has 0 unspecified atom stereocenters. The number of carbonyl (C=O) groups excluding carboxylic acids is 3. The van der Waals surface area contributed by atoms with Gasteiger partial charge < -0.3 is 9.47 Å². The lowest BCUT2D eigenvalue weighted by atomic mass is 10.2. The first-order valence-electron chi connectivity index (χ1n) is 7.69. The monoisotopic (exact) mass is 427 g/mol. The quantitative estimate of drug-likeness (QED) is 0.507. The second kappa shape index (κ2) is 8.53. The minimum atomic E-state index is -0.609. The Morgan fingerprint density at radius 1 is 1.36 bits per heavy atom. The largest absolute Gasteiger partial charge is 0.493 e. The molecule has 1 heterocycles. The number of ether oxygens (including phenoxy) is 2. The molecule has 0 saturated carbocycles. The number of amides is 2. The summed E-state index contributed by atoms with van der Waals surface area (Å²) in [4.78, 5) is 37.2. The van der Waals surface area contributed by atoms with E-state index < -0.39 is 17.1 Å². The van der Waals surface area contributed by atoms with Gasteiger partial charge in [-0.1, -0.05) is 6.07 Å². The zero-order valence-corrected chi connectivity index (χ0v) is 16.5. The topological polar surface area (TPSA) is 72.9 Å². The second-order valence-corrected chi connectivity index (χ2v) is 7.28. The van der Waals surface area contributed by atoms with Crippen molar-refractivity contribution in [1.82, 2.24) is 4.90 Å². The SMILES string of the molecule is CCOc1ccc(/C=C2/SC(=O)N(CC(=O)OC(C)C)C2=O)cc1Br. The number of hydrogen-bond donors (Lipinski definition) is 0. The van der Waals surface area contributed by atoms with Crippen molar-refractivity contribution in [2.24, 2.45) is 0 Å². The average molecular weight is 428 g/mol. The number of nitrogens with zero attached hydrogens (tertiary/aromatic N) is 1. The predicted molar refractivity (Wildman–Crippen MR) is 99.2 cm³/mol. The van der Waals surface area contributed by atoms with Crippen LogP contribution >= 0.6 is 27.7 Å². The Hall–Kier alpha value is -1.80. The van der Waals surface area contributed by atoms with Crippen LogP contribution in [-0.4, -0.2) is 41.3 Å². The first-order chi connectivity index (χ1) is 11.8. The molecule has 8 heteroatoms. The maximum absolute atomic E-state index is 12.4. The molecule has 2 rings (SSSR count). The number of esters is 1. The first kappa shape index (κ1) is 19.5. The summed E-state index contributed by atoms with van der Waals surface area (Å²) in [6.45, 7) is 5.46. The number of benzene rings is 1. The molecule has 25 heavy (non-hydrogen) atoms. The van der Waals surface area contributed by atoms with Crippen molar-refractivity contribution in [2.45, 2.75) is 26.9 Å². The van der Waals surface area contributed by atoms with Gasteiger partial charge in [-0.05, 0) is 72.2 Å².